The maximum absolute atomic E-state index is 13.8. The summed E-state index contributed by atoms with van der Waals surface area (Å²) >= 11 is 0. The summed E-state index contributed by atoms with van der Waals surface area (Å²) < 4.78 is 21.8. The third-order valence-electron chi connectivity index (χ3n) is 7.26. The van der Waals surface area contributed by atoms with Gasteiger partial charge in [0.25, 0.3) is 0 Å². The zero-order valence-electron chi connectivity index (χ0n) is 24.6. The predicted octanol–water partition coefficient (Wildman–Crippen LogP) is 4.13. The van der Waals surface area contributed by atoms with Gasteiger partial charge in [0.2, 0.25) is 11.8 Å². The Bertz CT molecular complexity index is 1270. The van der Waals surface area contributed by atoms with Crippen LogP contribution in [0, 0.1) is 0 Å². The number of carbonyl (C=O) groups excluding carboxylic acids is 2. The van der Waals surface area contributed by atoms with Crippen LogP contribution < -0.4 is 9.47 Å². The van der Waals surface area contributed by atoms with Gasteiger partial charge in [0.15, 0.2) is 11.5 Å². The lowest BCUT2D eigenvalue weighted by Gasteiger charge is -2.29. The maximum Gasteiger partial charge on any atom is 0.247 e. The third kappa shape index (κ3) is 9.49. The van der Waals surface area contributed by atoms with Crippen molar-refractivity contribution in [2.75, 3.05) is 66.7 Å². The molecule has 0 atom stereocenters. The molecule has 4 rings (SSSR count). The number of benzene rings is 2. The average molecular weight is 576 g/mol. The van der Waals surface area contributed by atoms with Gasteiger partial charge in [0, 0.05) is 38.8 Å². The summed E-state index contributed by atoms with van der Waals surface area (Å²) in [5, 5.41) is 0. The van der Waals surface area contributed by atoms with Gasteiger partial charge in [-0.15, -0.1) is 0 Å². The topological polar surface area (TPSA) is 84.7 Å². The molecule has 0 radical (unpaired) electrons. The Hall–Kier alpha value is -4.08. The van der Waals surface area contributed by atoms with Crippen LogP contribution in [0.2, 0.25) is 0 Å². The molecule has 2 amide bonds. The Morgan fingerprint density at radius 1 is 0.929 bits per heavy atom. The van der Waals surface area contributed by atoms with E-state index in [1.807, 2.05) is 60.7 Å². The van der Waals surface area contributed by atoms with Crippen molar-refractivity contribution in [3.63, 3.8) is 0 Å². The van der Waals surface area contributed by atoms with E-state index in [1.165, 1.54) is 0 Å². The second-order valence-electron chi connectivity index (χ2n) is 10.1. The van der Waals surface area contributed by atoms with Gasteiger partial charge in [-0.2, -0.15) is 0 Å². The predicted molar refractivity (Wildman–Crippen MR) is 161 cm³/mol. The summed E-state index contributed by atoms with van der Waals surface area (Å²) in [4.78, 5) is 32.9. The van der Waals surface area contributed by atoms with Crippen LogP contribution in [0.15, 0.2) is 77.4 Å². The number of furan rings is 1. The zero-order valence-corrected chi connectivity index (χ0v) is 24.6. The fraction of sp³-hybridized carbons (Fsp3) is 0.394. The SMILES string of the molecule is COc1ccc(CCN(Cc2ccco2)C(=O)CN(CCCN2CCOCC2)C(=O)C=Cc2ccccc2)cc1OC. The van der Waals surface area contributed by atoms with Gasteiger partial charge in [-0.3, -0.25) is 14.5 Å². The van der Waals surface area contributed by atoms with Crippen molar-refractivity contribution in [2.45, 2.75) is 19.4 Å². The molecule has 1 aromatic heterocycles. The lowest BCUT2D eigenvalue weighted by atomic mass is 10.1. The van der Waals surface area contributed by atoms with Gasteiger partial charge in [-0.1, -0.05) is 36.4 Å². The quantitative estimate of drug-likeness (QED) is 0.252. The standard InChI is InChI=1S/C33H41N3O6/c1-39-30-13-11-28(24-31(30)40-2)15-18-36(25-29-10-6-21-42-29)33(38)26-35(17-7-16-34-19-22-41-23-20-34)32(37)14-12-27-8-4-3-5-9-27/h3-6,8-14,21,24H,7,15-20,22-23,25-26H2,1-2H3. The van der Waals surface area contributed by atoms with Gasteiger partial charge < -0.3 is 28.4 Å². The summed E-state index contributed by atoms with van der Waals surface area (Å²) in [6.45, 7) is 5.28. The van der Waals surface area contributed by atoms with E-state index in [4.69, 9.17) is 18.6 Å². The number of carbonyl (C=O) groups is 2. The number of amides is 2. The van der Waals surface area contributed by atoms with Crippen molar-refractivity contribution in [1.82, 2.24) is 14.7 Å². The molecule has 3 aromatic rings. The minimum Gasteiger partial charge on any atom is -0.493 e. The summed E-state index contributed by atoms with van der Waals surface area (Å²) in [6, 6.07) is 19.1. The highest BCUT2D eigenvalue weighted by Gasteiger charge is 2.22. The lowest BCUT2D eigenvalue weighted by molar-refractivity contribution is -0.138. The van der Waals surface area contributed by atoms with Crippen LogP contribution in [0.4, 0.5) is 0 Å². The average Bonchev–Trinajstić information content (AvgIpc) is 3.55. The number of ether oxygens (including phenoxy) is 3. The highest BCUT2D eigenvalue weighted by Crippen LogP contribution is 2.27. The van der Waals surface area contributed by atoms with Gasteiger partial charge in [-0.05, 0) is 54.3 Å². The highest BCUT2D eigenvalue weighted by molar-refractivity contribution is 5.94. The Morgan fingerprint density at radius 2 is 1.71 bits per heavy atom. The molecule has 0 spiro atoms. The molecule has 224 valence electrons. The normalized spacial score (nSPS) is 13.7. The minimum absolute atomic E-state index is 0.0201. The molecule has 42 heavy (non-hydrogen) atoms. The van der Waals surface area contributed by atoms with Crippen LogP contribution in [0.1, 0.15) is 23.3 Å². The van der Waals surface area contributed by atoms with E-state index in [-0.39, 0.29) is 18.4 Å². The van der Waals surface area contributed by atoms with Gasteiger partial charge in [-0.25, -0.2) is 0 Å². The number of hydrogen-bond donors (Lipinski definition) is 0. The van der Waals surface area contributed by atoms with Gasteiger partial charge in [0.1, 0.15) is 12.3 Å². The highest BCUT2D eigenvalue weighted by atomic mass is 16.5. The number of morpholine rings is 1. The molecule has 2 heterocycles. The molecule has 0 saturated carbocycles. The Labute approximate surface area is 248 Å². The number of hydrogen-bond acceptors (Lipinski definition) is 7. The van der Waals surface area contributed by atoms with Crippen molar-refractivity contribution < 1.29 is 28.2 Å². The van der Waals surface area contributed by atoms with E-state index in [0.29, 0.717) is 43.3 Å². The summed E-state index contributed by atoms with van der Waals surface area (Å²) in [5.41, 5.74) is 1.94. The fourth-order valence-corrected chi connectivity index (χ4v) is 4.86. The number of methoxy groups -OCH3 is 2. The molecule has 1 fully saturated rings. The number of rotatable bonds is 15. The van der Waals surface area contributed by atoms with E-state index in [1.54, 1.807) is 42.4 Å². The molecule has 0 unspecified atom stereocenters. The summed E-state index contributed by atoms with van der Waals surface area (Å²) in [6.07, 6.45) is 6.31. The minimum atomic E-state index is -0.188. The van der Waals surface area contributed by atoms with E-state index < -0.39 is 0 Å². The van der Waals surface area contributed by atoms with Crippen molar-refractivity contribution in [3.05, 3.63) is 89.9 Å². The van der Waals surface area contributed by atoms with Crippen LogP contribution in [0.5, 0.6) is 11.5 Å². The molecule has 9 heteroatoms. The smallest absolute Gasteiger partial charge is 0.247 e. The van der Waals surface area contributed by atoms with Crippen LogP contribution in [0.3, 0.4) is 0 Å². The molecule has 0 N–H and O–H groups in total. The summed E-state index contributed by atoms with van der Waals surface area (Å²) in [7, 11) is 3.20. The Balaban J connectivity index is 1.46. The van der Waals surface area contributed by atoms with E-state index in [0.717, 1.165) is 50.4 Å². The molecule has 0 aliphatic carbocycles. The van der Waals surface area contributed by atoms with Crippen LogP contribution >= 0.6 is 0 Å². The Morgan fingerprint density at radius 3 is 2.43 bits per heavy atom. The third-order valence-corrected chi connectivity index (χ3v) is 7.26. The molecule has 1 aliphatic rings. The molecule has 0 bridgehead atoms. The molecular weight excluding hydrogens is 534 g/mol. The van der Waals surface area contributed by atoms with E-state index in [9.17, 15) is 9.59 Å². The van der Waals surface area contributed by atoms with Crippen molar-refractivity contribution in [1.29, 1.82) is 0 Å². The first-order valence-corrected chi connectivity index (χ1v) is 14.4. The molecule has 2 aromatic carbocycles. The zero-order chi connectivity index (χ0) is 29.6. The first-order chi connectivity index (χ1) is 20.6. The van der Waals surface area contributed by atoms with Crippen LogP contribution in [-0.4, -0.2) is 93.2 Å². The monoisotopic (exact) mass is 575 g/mol. The molecule has 1 aliphatic heterocycles. The second-order valence-corrected chi connectivity index (χ2v) is 10.1. The number of nitrogens with zero attached hydrogens (tertiary/aromatic N) is 3. The first-order valence-electron chi connectivity index (χ1n) is 14.4. The Kier molecular flexibility index (Phi) is 12.0. The molecule has 9 nitrogen and oxygen atoms in total. The van der Waals surface area contributed by atoms with Gasteiger partial charge >= 0.3 is 0 Å². The lowest BCUT2D eigenvalue weighted by Crippen LogP contribution is -2.44. The van der Waals surface area contributed by atoms with Crippen LogP contribution in [-0.2, 0) is 27.3 Å². The maximum atomic E-state index is 13.8. The van der Waals surface area contributed by atoms with Crippen molar-refractivity contribution >= 4 is 17.9 Å². The second kappa shape index (κ2) is 16.4. The molecular formula is C33H41N3O6. The largest absolute Gasteiger partial charge is 0.493 e. The van der Waals surface area contributed by atoms with E-state index in [2.05, 4.69) is 4.90 Å². The van der Waals surface area contributed by atoms with E-state index >= 15 is 0 Å². The fourth-order valence-electron chi connectivity index (χ4n) is 4.86. The van der Waals surface area contributed by atoms with Gasteiger partial charge in [0.05, 0.1) is 40.2 Å². The summed E-state index contributed by atoms with van der Waals surface area (Å²) in [5.74, 6) is 1.65. The van der Waals surface area contributed by atoms with Crippen molar-refractivity contribution in [3.8, 4) is 11.5 Å². The molecule has 1 saturated heterocycles. The first kappa shape index (κ1) is 30.9. The van der Waals surface area contributed by atoms with Crippen LogP contribution in [0.25, 0.3) is 6.08 Å². The van der Waals surface area contributed by atoms with Crippen molar-refractivity contribution in [2.24, 2.45) is 0 Å².